The Hall–Kier alpha value is 0.150. The van der Waals surface area contributed by atoms with E-state index >= 15 is 0 Å². The maximum atomic E-state index is 12.6. The van der Waals surface area contributed by atoms with Crippen LogP contribution in [-0.4, -0.2) is 37.9 Å². The minimum absolute atomic E-state index is 0.103. The van der Waals surface area contributed by atoms with Crippen LogP contribution in [0.5, 0.6) is 0 Å². The second-order valence-electron chi connectivity index (χ2n) is 4.38. The zero-order valence-electron chi connectivity index (χ0n) is 9.98. The Morgan fingerprint density at radius 3 is 2.33 bits per heavy atom. The van der Waals surface area contributed by atoms with Gasteiger partial charge in [-0.15, -0.1) is 11.3 Å². The van der Waals surface area contributed by atoms with Crippen molar-refractivity contribution in [1.82, 2.24) is 9.62 Å². The molecule has 1 N–H and O–H groups in total. The molecule has 1 saturated heterocycles. The Morgan fingerprint density at radius 2 is 1.89 bits per heavy atom. The van der Waals surface area contributed by atoms with E-state index in [1.807, 2.05) is 13.8 Å². The molecule has 2 atom stereocenters. The van der Waals surface area contributed by atoms with E-state index in [0.29, 0.717) is 17.4 Å². The highest BCUT2D eigenvalue weighted by Crippen LogP contribution is 2.37. The predicted molar refractivity (Wildman–Crippen MR) is 75.2 cm³/mol. The van der Waals surface area contributed by atoms with Crippen molar-refractivity contribution in [2.45, 2.75) is 30.8 Å². The van der Waals surface area contributed by atoms with Gasteiger partial charge < -0.3 is 5.32 Å². The van der Waals surface area contributed by atoms with Crippen molar-refractivity contribution in [1.29, 1.82) is 0 Å². The van der Waals surface area contributed by atoms with Gasteiger partial charge in [0.25, 0.3) is 0 Å². The number of piperazine rings is 1. The minimum Gasteiger partial charge on any atom is -0.314 e. The van der Waals surface area contributed by atoms with Gasteiger partial charge in [-0.25, -0.2) is 8.42 Å². The average molecular weight is 329 g/mol. The predicted octanol–water partition coefficient (Wildman–Crippen LogP) is 2.43. The van der Waals surface area contributed by atoms with E-state index in [9.17, 15) is 8.42 Å². The molecule has 1 aliphatic heterocycles. The standard InChI is InChI=1S/C10H14Cl2N2O2S2/c1-6-4-13-5-7(2)14(6)18(15,16)8-3-9(11)17-10(8)12/h3,6-7,13H,4-5H2,1-2H3. The molecular formula is C10H14Cl2N2O2S2. The van der Waals surface area contributed by atoms with E-state index in [0.717, 1.165) is 11.3 Å². The highest BCUT2D eigenvalue weighted by Gasteiger charge is 2.37. The van der Waals surface area contributed by atoms with Crippen LogP contribution >= 0.6 is 34.5 Å². The molecule has 0 saturated carbocycles. The summed E-state index contributed by atoms with van der Waals surface area (Å²) in [6, 6.07) is 1.22. The first-order valence-corrected chi connectivity index (χ1v) is 8.54. The quantitative estimate of drug-likeness (QED) is 0.907. The number of hydrogen-bond donors (Lipinski definition) is 1. The molecule has 18 heavy (non-hydrogen) atoms. The molecule has 1 aromatic rings. The minimum atomic E-state index is -3.58. The number of rotatable bonds is 2. The van der Waals surface area contributed by atoms with Crippen molar-refractivity contribution < 1.29 is 8.42 Å². The summed E-state index contributed by atoms with van der Waals surface area (Å²) in [7, 11) is -3.58. The highest BCUT2D eigenvalue weighted by molar-refractivity contribution is 7.89. The van der Waals surface area contributed by atoms with Crippen LogP contribution in [-0.2, 0) is 10.0 Å². The molecule has 2 heterocycles. The SMILES string of the molecule is CC1CNCC(C)N1S(=O)(=O)c1cc(Cl)sc1Cl. The average Bonchev–Trinajstić information content (AvgIpc) is 2.57. The van der Waals surface area contributed by atoms with Crippen LogP contribution < -0.4 is 5.32 Å². The molecule has 1 aromatic heterocycles. The van der Waals surface area contributed by atoms with E-state index in [2.05, 4.69) is 5.32 Å². The van der Waals surface area contributed by atoms with Gasteiger partial charge in [0.05, 0.1) is 4.34 Å². The Balaban J connectivity index is 2.44. The maximum absolute atomic E-state index is 12.6. The molecule has 1 fully saturated rings. The van der Waals surface area contributed by atoms with Gasteiger partial charge in [0.2, 0.25) is 10.0 Å². The third-order valence-corrected chi connectivity index (χ3v) is 6.81. The number of nitrogens with zero attached hydrogens (tertiary/aromatic N) is 1. The lowest BCUT2D eigenvalue weighted by atomic mass is 10.2. The maximum Gasteiger partial charge on any atom is 0.246 e. The van der Waals surface area contributed by atoms with Crippen molar-refractivity contribution >= 4 is 44.6 Å². The third kappa shape index (κ3) is 2.55. The van der Waals surface area contributed by atoms with E-state index in [-0.39, 0.29) is 21.3 Å². The summed E-state index contributed by atoms with van der Waals surface area (Å²) >= 11 is 12.9. The summed E-state index contributed by atoms with van der Waals surface area (Å²) in [6.45, 7) is 5.03. The van der Waals surface area contributed by atoms with Gasteiger partial charge >= 0.3 is 0 Å². The molecule has 0 amide bonds. The molecule has 0 spiro atoms. The first-order chi connectivity index (χ1) is 8.34. The second-order valence-corrected chi connectivity index (χ2v) is 8.48. The van der Waals surface area contributed by atoms with Crippen LogP contribution in [0.3, 0.4) is 0 Å². The van der Waals surface area contributed by atoms with Gasteiger partial charge in [-0.2, -0.15) is 4.31 Å². The van der Waals surface area contributed by atoms with Crippen LogP contribution in [0.15, 0.2) is 11.0 Å². The van der Waals surface area contributed by atoms with E-state index in [4.69, 9.17) is 23.2 Å². The van der Waals surface area contributed by atoms with Crippen LogP contribution in [0.2, 0.25) is 8.67 Å². The first kappa shape index (κ1) is 14.6. The van der Waals surface area contributed by atoms with Crippen molar-refractivity contribution in [3.63, 3.8) is 0 Å². The lowest BCUT2D eigenvalue weighted by Gasteiger charge is -2.37. The summed E-state index contributed by atoms with van der Waals surface area (Å²) in [5, 5.41) is 3.20. The van der Waals surface area contributed by atoms with Gasteiger partial charge in [-0.3, -0.25) is 0 Å². The molecule has 102 valence electrons. The number of hydrogen-bond acceptors (Lipinski definition) is 4. The lowest BCUT2D eigenvalue weighted by Crippen LogP contribution is -2.57. The van der Waals surface area contributed by atoms with E-state index in [1.165, 1.54) is 10.4 Å². The van der Waals surface area contributed by atoms with Crippen molar-refractivity contribution in [2.75, 3.05) is 13.1 Å². The van der Waals surface area contributed by atoms with Crippen LogP contribution in [0, 0.1) is 0 Å². The fraction of sp³-hybridized carbons (Fsp3) is 0.600. The highest BCUT2D eigenvalue weighted by atomic mass is 35.5. The summed E-state index contributed by atoms with van der Waals surface area (Å²) in [6.07, 6.45) is 0. The smallest absolute Gasteiger partial charge is 0.246 e. The molecule has 0 radical (unpaired) electrons. The lowest BCUT2D eigenvalue weighted by molar-refractivity contribution is 0.220. The van der Waals surface area contributed by atoms with Crippen molar-refractivity contribution in [3.05, 3.63) is 14.7 Å². The number of halogens is 2. The summed E-state index contributed by atoms with van der Waals surface area (Å²) in [5.74, 6) is 0. The number of nitrogens with one attached hydrogen (secondary N) is 1. The number of thiophene rings is 1. The van der Waals surface area contributed by atoms with Gasteiger partial charge in [0.15, 0.2) is 0 Å². The molecule has 2 rings (SSSR count). The first-order valence-electron chi connectivity index (χ1n) is 5.53. The van der Waals surface area contributed by atoms with E-state index < -0.39 is 10.0 Å². The third-order valence-electron chi connectivity index (χ3n) is 2.93. The summed E-state index contributed by atoms with van der Waals surface area (Å²) in [4.78, 5) is 0.111. The molecule has 0 aromatic carbocycles. The molecule has 4 nitrogen and oxygen atoms in total. The molecule has 8 heteroatoms. The zero-order chi connectivity index (χ0) is 13.5. The zero-order valence-corrected chi connectivity index (χ0v) is 13.1. The van der Waals surface area contributed by atoms with Crippen LogP contribution in [0.4, 0.5) is 0 Å². The molecule has 2 unspecified atom stereocenters. The molecule has 1 aliphatic rings. The fourth-order valence-corrected chi connectivity index (χ4v) is 6.14. The fourth-order valence-electron chi connectivity index (χ4n) is 2.20. The Morgan fingerprint density at radius 1 is 1.33 bits per heavy atom. The normalized spacial score (nSPS) is 26.4. The van der Waals surface area contributed by atoms with Gasteiger partial charge in [0.1, 0.15) is 9.23 Å². The van der Waals surface area contributed by atoms with E-state index in [1.54, 1.807) is 0 Å². The largest absolute Gasteiger partial charge is 0.314 e. The number of sulfonamides is 1. The van der Waals surface area contributed by atoms with Crippen LogP contribution in [0.1, 0.15) is 13.8 Å². The Labute approximate surface area is 121 Å². The monoisotopic (exact) mass is 328 g/mol. The van der Waals surface area contributed by atoms with Crippen LogP contribution in [0.25, 0.3) is 0 Å². The topological polar surface area (TPSA) is 49.4 Å². The van der Waals surface area contributed by atoms with Crippen molar-refractivity contribution in [3.8, 4) is 0 Å². The van der Waals surface area contributed by atoms with Gasteiger partial charge in [0, 0.05) is 25.2 Å². The summed E-state index contributed by atoms with van der Waals surface area (Å²) < 4.78 is 27.3. The van der Waals surface area contributed by atoms with Gasteiger partial charge in [-0.1, -0.05) is 23.2 Å². The molecule has 0 bridgehead atoms. The second kappa shape index (κ2) is 5.26. The Kier molecular flexibility index (Phi) is 4.26. The molecule has 0 aliphatic carbocycles. The Bertz CT molecular complexity index is 534. The van der Waals surface area contributed by atoms with Gasteiger partial charge in [-0.05, 0) is 19.9 Å². The molecular weight excluding hydrogens is 315 g/mol. The summed E-state index contributed by atoms with van der Waals surface area (Å²) in [5.41, 5.74) is 0. The van der Waals surface area contributed by atoms with Crippen molar-refractivity contribution in [2.24, 2.45) is 0 Å².